The van der Waals surface area contributed by atoms with E-state index in [9.17, 15) is 9.59 Å². The maximum atomic E-state index is 11.7. The molecule has 18 heavy (non-hydrogen) atoms. The minimum Gasteiger partial charge on any atom is -0.481 e. The molecule has 0 rings (SSSR count). The molecule has 2 N–H and O–H groups in total. The maximum absolute atomic E-state index is 11.7. The van der Waals surface area contributed by atoms with Crippen LogP contribution in [-0.4, -0.2) is 41.6 Å². The summed E-state index contributed by atoms with van der Waals surface area (Å²) in [5.74, 6) is -1.55. The van der Waals surface area contributed by atoms with Crippen molar-refractivity contribution in [2.75, 3.05) is 19.6 Å². The molecule has 0 aliphatic carbocycles. The van der Waals surface area contributed by atoms with E-state index in [0.29, 0.717) is 26.1 Å². The third kappa shape index (κ3) is 6.09. The molecule has 0 bridgehead atoms. The van der Waals surface area contributed by atoms with Crippen LogP contribution in [0, 0.1) is 23.2 Å². The zero-order chi connectivity index (χ0) is 14.1. The smallest absolute Gasteiger partial charge is 0.317 e. The van der Waals surface area contributed by atoms with Gasteiger partial charge in [-0.25, -0.2) is 4.79 Å². The van der Waals surface area contributed by atoms with Gasteiger partial charge in [-0.15, -0.1) is 0 Å². The lowest BCUT2D eigenvalue weighted by Crippen LogP contribution is -2.42. The molecule has 2 unspecified atom stereocenters. The van der Waals surface area contributed by atoms with Gasteiger partial charge in [-0.2, -0.15) is 5.26 Å². The molecule has 0 heterocycles. The van der Waals surface area contributed by atoms with Crippen LogP contribution in [0.2, 0.25) is 0 Å². The Bertz CT molecular complexity index is 325. The molecule has 0 aliphatic rings. The molecule has 6 heteroatoms. The van der Waals surface area contributed by atoms with E-state index in [4.69, 9.17) is 10.4 Å². The van der Waals surface area contributed by atoms with Crippen molar-refractivity contribution in [3.63, 3.8) is 0 Å². The van der Waals surface area contributed by atoms with Gasteiger partial charge in [0.15, 0.2) is 0 Å². The van der Waals surface area contributed by atoms with Crippen molar-refractivity contribution in [3.8, 4) is 6.07 Å². The molecule has 0 radical (unpaired) electrons. The lowest BCUT2D eigenvalue weighted by Gasteiger charge is -2.22. The van der Waals surface area contributed by atoms with Crippen LogP contribution in [0.25, 0.3) is 0 Å². The Hall–Kier alpha value is -1.77. The third-order valence-electron chi connectivity index (χ3n) is 2.66. The largest absolute Gasteiger partial charge is 0.481 e. The van der Waals surface area contributed by atoms with Crippen molar-refractivity contribution in [2.45, 2.75) is 27.2 Å². The molecule has 0 fully saturated rings. The topological polar surface area (TPSA) is 93.4 Å². The van der Waals surface area contributed by atoms with Crippen LogP contribution in [0.4, 0.5) is 4.79 Å². The highest BCUT2D eigenvalue weighted by Gasteiger charge is 2.15. The van der Waals surface area contributed by atoms with Crippen LogP contribution < -0.4 is 5.32 Å². The number of nitrogens with one attached hydrogen (secondary N) is 1. The van der Waals surface area contributed by atoms with Crippen molar-refractivity contribution >= 4 is 12.0 Å². The molecule has 102 valence electrons. The average molecular weight is 255 g/mol. The molecule has 0 aromatic rings. The second kappa shape index (κ2) is 8.34. The Labute approximate surface area is 108 Å². The summed E-state index contributed by atoms with van der Waals surface area (Å²) in [6, 6.07) is 1.82. The van der Waals surface area contributed by atoms with E-state index in [0.717, 1.165) is 0 Å². The van der Waals surface area contributed by atoms with Crippen LogP contribution in [0.5, 0.6) is 0 Å². The van der Waals surface area contributed by atoms with Crippen LogP contribution >= 0.6 is 0 Å². The number of urea groups is 1. The zero-order valence-electron chi connectivity index (χ0n) is 11.1. The van der Waals surface area contributed by atoms with E-state index in [1.54, 1.807) is 18.7 Å². The average Bonchev–Trinajstić information content (AvgIpc) is 2.34. The lowest BCUT2D eigenvalue weighted by atomic mass is 10.1. The molecule has 6 nitrogen and oxygen atoms in total. The highest BCUT2D eigenvalue weighted by molar-refractivity contribution is 5.74. The van der Waals surface area contributed by atoms with Gasteiger partial charge in [0.05, 0.1) is 17.9 Å². The van der Waals surface area contributed by atoms with Crippen molar-refractivity contribution in [1.82, 2.24) is 10.2 Å². The van der Waals surface area contributed by atoms with Gasteiger partial charge in [0.2, 0.25) is 0 Å². The number of carbonyl (C=O) groups excluding carboxylic acids is 1. The number of nitriles is 1. The lowest BCUT2D eigenvalue weighted by molar-refractivity contribution is -0.141. The van der Waals surface area contributed by atoms with Gasteiger partial charge in [0.25, 0.3) is 0 Å². The summed E-state index contributed by atoms with van der Waals surface area (Å²) in [7, 11) is 0. The molecular weight excluding hydrogens is 234 g/mol. The molecule has 0 saturated heterocycles. The summed E-state index contributed by atoms with van der Waals surface area (Å²) in [6.45, 7) is 6.42. The summed E-state index contributed by atoms with van der Waals surface area (Å²) < 4.78 is 0. The second-order valence-electron chi connectivity index (χ2n) is 4.33. The van der Waals surface area contributed by atoms with Gasteiger partial charge in [0, 0.05) is 19.6 Å². The van der Waals surface area contributed by atoms with Crippen molar-refractivity contribution < 1.29 is 14.7 Å². The molecule has 0 aliphatic heterocycles. The summed E-state index contributed by atoms with van der Waals surface area (Å²) in [6.07, 6.45) is 0.395. The number of aliphatic carboxylic acids is 1. The fourth-order valence-corrected chi connectivity index (χ4v) is 1.36. The normalized spacial score (nSPS) is 13.2. The highest BCUT2D eigenvalue weighted by Crippen LogP contribution is 2.01. The SMILES string of the molecule is CCN(CC(C)C#N)C(=O)NCCC(C)C(=O)O. The minimum absolute atomic E-state index is 0.214. The van der Waals surface area contributed by atoms with E-state index in [-0.39, 0.29) is 11.9 Å². The number of amides is 2. The van der Waals surface area contributed by atoms with Crippen LogP contribution in [0.1, 0.15) is 27.2 Å². The monoisotopic (exact) mass is 255 g/mol. The predicted octanol–water partition coefficient (Wildman–Crippen LogP) is 1.29. The van der Waals surface area contributed by atoms with Gasteiger partial charge in [0.1, 0.15) is 0 Å². The number of carbonyl (C=O) groups is 2. The predicted molar refractivity (Wildman–Crippen MR) is 66.8 cm³/mol. The number of hydrogen-bond acceptors (Lipinski definition) is 3. The van der Waals surface area contributed by atoms with E-state index in [1.807, 2.05) is 6.92 Å². The highest BCUT2D eigenvalue weighted by atomic mass is 16.4. The van der Waals surface area contributed by atoms with Crippen molar-refractivity contribution in [3.05, 3.63) is 0 Å². The Morgan fingerprint density at radius 1 is 1.44 bits per heavy atom. The number of nitrogens with zero attached hydrogens (tertiary/aromatic N) is 2. The molecule has 0 aromatic heterocycles. The zero-order valence-corrected chi connectivity index (χ0v) is 11.1. The molecule has 2 amide bonds. The Morgan fingerprint density at radius 2 is 2.06 bits per heavy atom. The Morgan fingerprint density at radius 3 is 2.50 bits per heavy atom. The molecule has 0 aromatic carbocycles. The van der Waals surface area contributed by atoms with E-state index in [2.05, 4.69) is 11.4 Å². The second-order valence-corrected chi connectivity index (χ2v) is 4.33. The quantitative estimate of drug-likeness (QED) is 0.716. The van der Waals surface area contributed by atoms with Gasteiger partial charge >= 0.3 is 12.0 Å². The van der Waals surface area contributed by atoms with Gasteiger partial charge in [-0.05, 0) is 20.3 Å². The number of carboxylic acid groups (broad SMARTS) is 1. The first-order chi connectivity index (χ1) is 8.42. The summed E-state index contributed by atoms with van der Waals surface area (Å²) >= 11 is 0. The Balaban J connectivity index is 4.06. The fraction of sp³-hybridized carbons (Fsp3) is 0.750. The molecule has 0 saturated carbocycles. The van der Waals surface area contributed by atoms with Crippen molar-refractivity contribution in [2.24, 2.45) is 11.8 Å². The molecule has 0 spiro atoms. The number of hydrogen-bond donors (Lipinski definition) is 2. The standard InChI is InChI=1S/C12H21N3O3/c1-4-15(8-9(2)7-13)12(18)14-6-5-10(3)11(16)17/h9-10H,4-6,8H2,1-3H3,(H,14,18)(H,16,17). The first-order valence-electron chi connectivity index (χ1n) is 6.07. The third-order valence-corrected chi connectivity index (χ3v) is 2.66. The maximum Gasteiger partial charge on any atom is 0.317 e. The van der Waals surface area contributed by atoms with Gasteiger partial charge < -0.3 is 15.3 Å². The molecule has 2 atom stereocenters. The van der Waals surface area contributed by atoms with Gasteiger partial charge in [-0.1, -0.05) is 6.92 Å². The summed E-state index contributed by atoms with van der Waals surface area (Å²) in [5.41, 5.74) is 0. The number of rotatable bonds is 7. The van der Waals surface area contributed by atoms with Crippen LogP contribution in [-0.2, 0) is 4.79 Å². The number of carboxylic acids is 1. The van der Waals surface area contributed by atoms with Crippen molar-refractivity contribution in [1.29, 1.82) is 5.26 Å². The fourth-order valence-electron chi connectivity index (χ4n) is 1.36. The van der Waals surface area contributed by atoms with Gasteiger partial charge in [-0.3, -0.25) is 4.79 Å². The minimum atomic E-state index is -0.866. The van der Waals surface area contributed by atoms with E-state index >= 15 is 0 Å². The Kier molecular flexibility index (Phi) is 7.52. The molecular formula is C12H21N3O3. The van der Waals surface area contributed by atoms with E-state index < -0.39 is 11.9 Å². The first-order valence-corrected chi connectivity index (χ1v) is 6.07. The summed E-state index contributed by atoms with van der Waals surface area (Å²) in [5, 5.41) is 20.1. The van der Waals surface area contributed by atoms with E-state index in [1.165, 1.54) is 0 Å². The first kappa shape index (κ1) is 16.2. The van der Waals surface area contributed by atoms with Crippen LogP contribution in [0.3, 0.4) is 0 Å². The van der Waals surface area contributed by atoms with Crippen LogP contribution in [0.15, 0.2) is 0 Å². The summed E-state index contributed by atoms with van der Waals surface area (Å²) in [4.78, 5) is 23.9.